The summed E-state index contributed by atoms with van der Waals surface area (Å²) < 4.78 is 5.15. The topological polar surface area (TPSA) is 67.4 Å². The fraction of sp³-hybridized carbons (Fsp3) is 0.600. The third kappa shape index (κ3) is 5.76. The van der Waals surface area contributed by atoms with Crippen LogP contribution in [-0.2, 0) is 16.1 Å². The van der Waals surface area contributed by atoms with Gasteiger partial charge in [0.2, 0.25) is 0 Å². The zero-order chi connectivity index (χ0) is 18.4. The smallest absolute Gasteiger partial charge is 0.309 e. The van der Waals surface area contributed by atoms with Crippen molar-refractivity contribution in [3.05, 3.63) is 29.8 Å². The first-order valence-electron chi connectivity index (χ1n) is 9.01. The first kappa shape index (κ1) is 19.3. The van der Waals surface area contributed by atoms with Gasteiger partial charge < -0.3 is 15.4 Å². The Bertz CT molecular complexity index is 599. The standard InChI is InChI=1S/C20H30N2O3/c1-20(2,3)15-8-10-16(11-9-15)22-19(24)18(23)21-13-14-6-5-7-17(12-14)25-4/h5-7,12,15-16H,8-11,13H2,1-4H3,(H,21,23)(H,22,24). The number of nitrogens with one attached hydrogen (secondary N) is 2. The molecule has 5 heteroatoms. The third-order valence-electron chi connectivity index (χ3n) is 5.08. The van der Waals surface area contributed by atoms with E-state index in [1.54, 1.807) is 7.11 Å². The van der Waals surface area contributed by atoms with Gasteiger partial charge in [-0.2, -0.15) is 0 Å². The molecule has 1 aliphatic carbocycles. The molecule has 0 atom stereocenters. The van der Waals surface area contributed by atoms with E-state index in [-0.39, 0.29) is 6.04 Å². The van der Waals surface area contributed by atoms with Crippen molar-refractivity contribution in [1.29, 1.82) is 0 Å². The molecule has 0 heterocycles. The number of rotatable bonds is 4. The largest absolute Gasteiger partial charge is 0.497 e. The molecular weight excluding hydrogens is 316 g/mol. The number of hydrogen-bond donors (Lipinski definition) is 2. The lowest BCUT2D eigenvalue weighted by Gasteiger charge is -2.37. The number of ether oxygens (including phenoxy) is 1. The van der Waals surface area contributed by atoms with Crippen molar-refractivity contribution in [2.75, 3.05) is 7.11 Å². The van der Waals surface area contributed by atoms with Gasteiger partial charge in [0.25, 0.3) is 0 Å². The molecule has 138 valence electrons. The van der Waals surface area contributed by atoms with Crippen LogP contribution in [0.5, 0.6) is 5.75 Å². The van der Waals surface area contributed by atoms with Crippen molar-refractivity contribution in [3.63, 3.8) is 0 Å². The van der Waals surface area contributed by atoms with E-state index in [1.807, 2.05) is 24.3 Å². The molecule has 0 unspecified atom stereocenters. The van der Waals surface area contributed by atoms with Gasteiger partial charge in [0, 0.05) is 12.6 Å². The van der Waals surface area contributed by atoms with E-state index in [0.29, 0.717) is 17.9 Å². The second kappa shape index (κ2) is 8.37. The number of amides is 2. The Labute approximate surface area is 150 Å². The van der Waals surface area contributed by atoms with Crippen LogP contribution in [0, 0.1) is 11.3 Å². The van der Waals surface area contributed by atoms with Gasteiger partial charge in [-0.25, -0.2) is 0 Å². The number of methoxy groups -OCH3 is 1. The lowest BCUT2D eigenvalue weighted by molar-refractivity contribution is -0.139. The predicted octanol–water partition coefficient (Wildman–Crippen LogP) is 3.03. The zero-order valence-electron chi connectivity index (χ0n) is 15.7. The van der Waals surface area contributed by atoms with E-state index in [2.05, 4.69) is 31.4 Å². The van der Waals surface area contributed by atoms with Crippen molar-refractivity contribution >= 4 is 11.8 Å². The summed E-state index contributed by atoms with van der Waals surface area (Å²) >= 11 is 0. The molecule has 1 fully saturated rings. The number of hydrogen-bond acceptors (Lipinski definition) is 3. The molecule has 25 heavy (non-hydrogen) atoms. The minimum Gasteiger partial charge on any atom is -0.497 e. The van der Waals surface area contributed by atoms with Crippen molar-refractivity contribution in [2.24, 2.45) is 11.3 Å². The summed E-state index contributed by atoms with van der Waals surface area (Å²) in [6.07, 6.45) is 4.08. The molecule has 0 aromatic heterocycles. The van der Waals surface area contributed by atoms with Gasteiger partial charge in [0.15, 0.2) is 0 Å². The summed E-state index contributed by atoms with van der Waals surface area (Å²) in [5.41, 5.74) is 1.20. The minimum absolute atomic E-state index is 0.105. The summed E-state index contributed by atoms with van der Waals surface area (Å²) in [6.45, 7) is 7.11. The molecule has 0 saturated heterocycles. The molecule has 1 aliphatic rings. The second-order valence-electron chi connectivity index (χ2n) is 7.92. The SMILES string of the molecule is COc1cccc(CNC(=O)C(=O)NC2CCC(C(C)(C)C)CC2)c1. The van der Waals surface area contributed by atoms with E-state index < -0.39 is 11.8 Å². The Hall–Kier alpha value is -2.04. The highest BCUT2D eigenvalue weighted by atomic mass is 16.5. The molecule has 5 nitrogen and oxygen atoms in total. The normalized spacial score (nSPS) is 20.6. The molecule has 2 rings (SSSR count). The van der Waals surface area contributed by atoms with E-state index in [1.165, 1.54) is 0 Å². The average molecular weight is 346 g/mol. The Balaban J connectivity index is 1.76. The van der Waals surface area contributed by atoms with Crippen LogP contribution in [0.2, 0.25) is 0 Å². The highest BCUT2D eigenvalue weighted by molar-refractivity contribution is 6.35. The fourth-order valence-corrected chi connectivity index (χ4v) is 3.40. The van der Waals surface area contributed by atoms with Crippen molar-refractivity contribution in [3.8, 4) is 5.75 Å². The molecule has 2 N–H and O–H groups in total. The Morgan fingerprint density at radius 3 is 2.40 bits per heavy atom. The van der Waals surface area contributed by atoms with Crippen LogP contribution in [0.15, 0.2) is 24.3 Å². The first-order chi connectivity index (χ1) is 11.8. The Morgan fingerprint density at radius 2 is 1.80 bits per heavy atom. The molecule has 1 aromatic rings. The van der Waals surface area contributed by atoms with Crippen LogP contribution >= 0.6 is 0 Å². The Morgan fingerprint density at radius 1 is 1.12 bits per heavy atom. The summed E-state index contributed by atoms with van der Waals surface area (Å²) in [5.74, 6) is 0.289. The lowest BCUT2D eigenvalue weighted by atomic mass is 9.71. The van der Waals surface area contributed by atoms with Crippen LogP contribution in [0.25, 0.3) is 0 Å². The van der Waals surface area contributed by atoms with Crippen LogP contribution in [-0.4, -0.2) is 25.0 Å². The summed E-state index contributed by atoms with van der Waals surface area (Å²) in [5, 5.41) is 5.54. The molecule has 0 aliphatic heterocycles. The molecule has 1 saturated carbocycles. The van der Waals surface area contributed by atoms with Gasteiger partial charge in [-0.15, -0.1) is 0 Å². The molecular formula is C20H30N2O3. The van der Waals surface area contributed by atoms with Crippen LogP contribution in [0.3, 0.4) is 0 Å². The van der Waals surface area contributed by atoms with Gasteiger partial charge in [-0.1, -0.05) is 32.9 Å². The quantitative estimate of drug-likeness (QED) is 0.824. The van der Waals surface area contributed by atoms with Gasteiger partial charge in [-0.05, 0) is 54.7 Å². The molecule has 0 spiro atoms. The lowest BCUT2D eigenvalue weighted by Crippen LogP contribution is -2.46. The van der Waals surface area contributed by atoms with Crippen molar-refractivity contribution in [2.45, 2.75) is 59.0 Å². The molecule has 0 bridgehead atoms. The van der Waals surface area contributed by atoms with Crippen LogP contribution in [0.4, 0.5) is 0 Å². The maximum atomic E-state index is 12.1. The maximum absolute atomic E-state index is 12.1. The second-order valence-corrected chi connectivity index (χ2v) is 7.92. The van der Waals surface area contributed by atoms with Gasteiger partial charge in [-0.3, -0.25) is 9.59 Å². The number of carbonyl (C=O) groups is 2. The van der Waals surface area contributed by atoms with Gasteiger partial charge >= 0.3 is 11.8 Å². The van der Waals surface area contributed by atoms with E-state index in [0.717, 1.165) is 37.0 Å². The highest BCUT2D eigenvalue weighted by Crippen LogP contribution is 2.37. The van der Waals surface area contributed by atoms with E-state index in [4.69, 9.17) is 4.74 Å². The zero-order valence-corrected chi connectivity index (χ0v) is 15.7. The summed E-state index contributed by atoms with van der Waals surface area (Å²) in [7, 11) is 1.60. The minimum atomic E-state index is -0.583. The van der Waals surface area contributed by atoms with Crippen LogP contribution < -0.4 is 15.4 Å². The number of carbonyl (C=O) groups excluding carboxylic acids is 2. The van der Waals surface area contributed by atoms with E-state index in [9.17, 15) is 9.59 Å². The van der Waals surface area contributed by atoms with Gasteiger partial charge in [0.05, 0.1) is 7.11 Å². The molecule has 1 aromatic carbocycles. The first-order valence-corrected chi connectivity index (χ1v) is 9.01. The molecule has 0 radical (unpaired) electrons. The summed E-state index contributed by atoms with van der Waals surface area (Å²) in [4.78, 5) is 24.1. The monoisotopic (exact) mass is 346 g/mol. The predicted molar refractivity (Wildman–Crippen MR) is 98.2 cm³/mol. The average Bonchev–Trinajstić information content (AvgIpc) is 2.59. The van der Waals surface area contributed by atoms with E-state index >= 15 is 0 Å². The highest BCUT2D eigenvalue weighted by Gasteiger charge is 2.30. The molecule has 2 amide bonds. The van der Waals surface area contributed by atoms with Crippen molar-refractivity contribution in [1.82, 2.24) is 10.6 Å². The number of benzene rings is 1. The maximum Gasteiger partial charge on any atom is 0.309 e. The van der Waals surface area contributed by atoms with Crippen molar-refractivity contribution < 1.29 is 14.3 Å². The van der Waals surface area contributed by atoms with Gasteiger partial charge in [0.1, 0.15) is 5.75 Å². The third-order valence-corrected chi connectivity index (χ3v) is 5.08. The Kier molecular flexibility index (Phi) is 6.45. The summed E-state index contributed by atoms with van der Waals surface area (Å²) in [6, 6.07) is 7.52. The van der Waals surface area contributed by atoms with Crippen LogP contribution in [0.1, 0.15) is 52.0 Å². The fourth-order valence-electron chi connectivity index (χ4n) is 3.40.